The minimum Gasteiger partial charge on any atom is -0.478 e. The summed E-state index contributed by atoms with van der Waals surface area (Å²) in [4.78, 5) is 18.3. The van der Waals surface area contributed by atoms with E-state index in [2.05, 4.69) is 10.3 Å². The van der Waals surface area contributed by atoms with Crippen LogP contribution in [0.15, 0.2) is 103 Å². The first kappa shape index (κ1) is 38.6. The quantitative estimate of drug-likeness (QED) is 0.136. The van der Waals surface area contributed by atoms with Gasteiger partial charge >= 0.3 is 24.5 Å². The number of anilines is 3. The number of carboxylic acids is 1. The van der Waals surface area contributed by atoms with E-state index in [0.717, 1.165) is 42.5 Å². The average Bonchev–Trinajstić information content (AvgIpc) is 3.14. The van der Waals surface area contributed by atoms with Gasteiger partial charge in [0.05, 0.1) is 39.8 Å². The number of pyridine rings is 1. The molecule has 6 rings (SSSR count). The summed E-state index contributed by atoms with van der Waals surface area (Å²) in [5, 5.41) is 12.0. The van der Waals surface area contributed by atoms with Crippen molar-refractivity contribution in [3.63, 3.8) is 0 Å². The van der Waals surface area contributed by atoms with Crippen LogP contribution in [0.2, 0.25) is 0 Å². The smallest absolute Gasteiger partial charge is 0.418 e. The predicted octanol–water partition coefficient (Wildman–Crippen LogP) is 10.4. The minimum atomic E-state index is -4.93. The molecule has 2 heterocycles. The number of carbonyl (C=O) groups is 1. The van der Waals surface area contributed by atoms with Crippen molar-refractivity contribution in [3.05, 3.63) is 131 Å². The molecule has 0 unspecified atom stereocenters. The lowest BCUT2D eigenvalue weighted by atomic mass is 10.1. The van der Waals surface area contributed by atoms with E-state index < -0.39 is 47.7 Å². The van der Waals surface area contributed by atoms with Gasteiger partial charge in [0.2, 0.25) is 0 Å². The molecule has 4 aromatic carbocycles. The fraction of sp³-hybridized carbons (Fsp3) is 0.211. The molecule has 1 aliphatic heterocycles. The largest absolute Gasteiger partial charge is 0.478 e. The number of ether oxygens (including phenoxy) is 2. The number of halogens is 9. The molecule has 1 saturated heterocycles. The Bertz CT molecular complexity index is 2130. The highest BCUT2D eigenvalue weighted by Gasteiger charge is 2.38. The molecule has 0 aliphatic carbocycles. The van der Waals surface area contributed by atoms with E-state index in [9.17, 15) is 49.4 Å². The Hall–Kier alpha value is -6.13. The first-order valence-electron chi connectivity index (χ1n) is 16.4. The number of carboxylic acid groups (broad SMARTS) is 1. The van der Waals surface area contributed by atoms with Crippen LogP contribution in [0.4, 0.5) is 56.6 Å². The number of nitrogens with zero attached hydrogens (tertiary/aromatic N) is 3. The summed E-state index contributed by atoms with van der Waals surface area (Å²) in [6.45, 7) is -0.306. The lowest BCUT2D eigenvalue weighted by Crippen LogP contribution is -2.47. The predicted molar refractivity (Wildman–Crippen MR) is 184 cm³/mol. The maximum absolute atomic E-state index is 14.8. The number of nitrogens with one attached hydrogen (secondary N) is 1. The van der Waals surface area contributed by atoms with E-state index in [1.54, 1.807) is 4.90 Å². The molecule has 0 atom stereocenters. The van der Waals surface area contributed by atoms with Crippen LogP contribution in [-0.4, -0.2) is 42.2 Å². The number of hydrogen-bond donors (Lipinski definition) is 2. The Morgan fingerprint density at radius 1 is 0.691 bits per heavy atom. The van der Waals surface area contributed by atoms with E-state index in [-0.39, 0.29) is 77.4 Å². The van der Waals surface area contributed by atoms with Gasteiger partial charge in [-0.25, -0.2) is 4.79 Å². The molecule has 1 aromatic heterocycles. The number of aromatic nitrogens is 1. The third kappa shape index (κ3) is 9.34. The fourth-order valence-corrected chi connectivity index (χ4v) is 5.88. The molecule has 5 aromatic rings. The van der Waals surface area contributed by atoms with E-state index in [4.69, 9.17) is 9.47 Å². The topological polar surface area (TPSA) is 87.2 Å². The molecule has 55 heavy (non-hydrogen) atoms. The van der Waals surface area contributed by atoms with Crippen LogP contribution in [-0.2, 0) is 25.1 Å². The van der Waals surface area contributed by atoms with Gasteiger partial charge in [0, 0.05) is 56.2 Å². The highest BCUT2D eigenvalue weighted by atomic mass is 19.4. The van der Waals surface area contributed by atoms with Crippen LogP contribution in [0, 0.1) is 0 Å². The van der Waals surface area contributed by atoms with Gasteiger partial charge in [-0.1, -0.05) is 6.07 Å². The molecular formula is C38H29F9N4O4. The third-order valence-electron chi connectivity index (χ3n) is 8.61. The van der Waals surface area contributed by atoms with Gasteiger partial charge in [0.25, 0.3) is 0 Å². The molecule has 0 saturated carbocycles. The fourth-order valence-electron chi connectivity index (χ4n) is 5.88. The van der Waals surface area contributed by atoms with E-state index in [0.29, 0.717) is 0 Å². The Kier molecular flexibility index (Phi) is 10.7. The summed E-state index contributed by atoms with van der Waals surface area (Å²) in [6, 6.07) is 17.2. The molecule has 288 valence electrons. The molecule has 1 aliphatic rings. The second-order valence-electron chi connectivity index (χ2n) is 12.3. The molecule has 1 fully saturated rings. The molecular weight excluding hydrogens is 747 g/mol. The molecule has 0 radical (unpaired) electrons. The van der Waals surface area contributed by atoms with Gasteiger partial charge in [-0.2, -0.15) is 39.5 Å². The number of aromatic carboxylic acids is 1. The summed E-state index contributed by atoms with van der Waals surface area (Å²) < 4.78 is 137. The SMILES string of the molecule is O=C(O)c1ccc(Oc2ccc(C(F)(F)F)cc2CNc2cc(C(F)(F)F)c(N3CCN(c4cccc(C(F)(F)F)c4)CC3)cc2Oc2cccnc2)cc1. The van der Waals surface area contributed by atoms with Gasteiger partial charge in [-0.05, 0) is 78.9 Å². The molecule has 2 N–H and O–H groups in total. The molecule has 17 heteroatoms. The number of alkyl halides is 9. The number of piperazine rings is 1. The van der Waals surface area contributed by atoms with Gasteiger partial charge < -0.3 is 29.7 Å². The van der Waals surface area contributed by atoms with Crippen LogP contribution in [0.3, 0.4) is 0 Å². The Morgan fingerprint density at radius 2 is 1.35 bits per heavy atom. The summed E-state index contributed by atoms with van der Waals surface area (Å²) in [7, 11) is 0. The highest BCUT2D eigenvalue weighted by Crippen LogP contribution is 2.45. The van der Waals surface area contributed by atoms with Crippen molar-refractivity contribution in [2.45, 2.75) is 25.1 Å². The first-order valence-corrected chi connectivity index (χ1v) is 16.4. The van der Waals surface area contributed by atoms with Crippen molar-refractivity contribution in [2.24, 2.45) is 0 Å². The zero-order valence-corrected chi connectivity index (χ0v) is 28.3. The lowest BCUT2D eigenvalue weighted by Gasteiger charge is -2.38. The normalized spacial score (nSPS) is 13.8. The highest BCUT2D eigenvalue weighted by molar-refractivity contribution is 5.87. The van der Waals surface area contributed by atoms with Crippen molar-refractivity contribution in [3.8, 4) is 23.0 Å². The zero-order valence-electron chi connectivity index (χ0n) is 28.3. The average molecular weight is 777 g/mol. The summed E-state index contributed by atoms with van der Waals surface area (Å²) >= 11 is 0. The van der Waals surface area contributed by atoms with E-state index in [1.165, 1.54) is 65.8 Å². The van der Waals surface area contributed by atoms with Gasteiger partial charge in [-0.3, -0.25) is 4.98 Å². The van der Waals surface area contributed by atoms with Crippen molar-refractivity contribution >= 4 is 23.0 Å². The van der Waals surface area contributed by atoms with E-state index in [1.807, 2.05) is 0 Å². The monoisotopic (exact) mass is 776 g/mol. The third-order valence-corrected chi connectivity index (χ3v) is 8.61. The molecule has 8 nitrogen and oxygen atoms in total. The second-order valence-corrected chi connectivity index (χ2v) is 12.3. The lowest BCUT2D eigenvalue weighted by molar-refractivity contribution is -0.138. The van der Waals surface area contributed by atoms with Gasteiger partial charge in [0.1, 0.15) is 17.2 Å². The summed E-state index contributed by atoms with van der Waals surface area (Å²) in [6.07, 6.45) is -11.5. The van der Waals surface area contributed by atoms with Crippen molar-refractivity contribution < 1.29 is 58.9 Å². The number of rotatable bonds is 10. The van der Waals surface area contributed by atoms with Crippen LogP contribution >= 0.6 is 0 Å². The minimum absolute atomic E-state index is 0.00316. The maximum Gasteiger partial charge on any atom is 0.418 e. The van der Waals surface area contributed by atoms with Crippen molar-refractivity contribution in [1.82, 2.24) is 4.98 Å². The van der Waals surface area contributed by atoms with Crippen LogP contribution < -0.4 is 24.6 Å². The van der Waals surface area contributed by atoms with Crippen molar-refractivity contribution in [1.29, 1.82) is 0 Å². The second kappa shape index (κ2) is 15.3. The van der Waals surface area contributed by atoms with E-state index >= 15 is 0 Å². The molecule has 0 spiro atoms. The zero-order chi connectivity index (χ0) is 39.5. The Morgan fingerprint density at radius 3 is 1.96 bits per heavy atom. The van der Waals surface area contributed by atoms with Crippen molar-refractivity contribution in [2.75, 3.05) is 41.3 Å². The summed E-state index contributed by atoms with van der Waals surface area (Å²) in [5.74, 6) is -1.21. The Balaban J connectivity index is 1.33. The van der Waals surface area contributed by atoms with Crippen LogP contribution in [0.1, 0.15) is 32.6 Å². The summed E-state index contributed by atoms with van der Waals surface area (Å²) in [5.41, 5.74) is -3.44. The number of hydrogen-bond acceptors (Lipinski definition) is 7. The van der Waals surface area contributed by atoms with Gasteiger partial charge in [0.15, 0.2) is 5.75 Å². The van der Waals surface area contributed by atoms with Gasteiger partial charge in [-0.15, -0.1) is 0 Å². The standard InChI is InChI=1S/C38H29F9N4O4/c39-36(40,41)25-3-1-4-27(18-25)50-13-15-51(16-14-50)32-20-34(55-29-5-2-12-48-22-29)31(19-30(32)38(45,46)47)49-21-24-17-26(37(42,43)44)8-11-33(24)54-28-9-6-23(7-10-28)35(52)53/h1-12,17-20,22,49H,13-16,21H2,(H,52,53). The van der Waals surface area contributed by atoms with Crippen LogP contribution in [0.5, 0.6) is 23.0 Å². The van der Waals surface area contributed by atoms with Crippen LogP contribution in [0.25, 0.3) is 0 Å². The maximum atomic E-state index is 14.8. The Labute approximate surface area is 307 Å². The number of benzene rings is 4. The molecule has 0 amide bonds. The first-order chi connectivity index (χ1) is 26.0. The molecule has 0 bridgehead atoms.